The van der Waals surface area contributed by atoms with E-state index in [1.165, 1.54) is 16.0 Å². The molecule has 0 heterocycles. The fraction of sp³-hybridized carbons (Fsp3) is 0.188. The van der Waals surface area contributed by atoms with E-state index in [9.17, 15) is 4.79 Å². The Hall–Kier alpha value is -1.74. The van der Waals surface area contributed by atoms with Gasteiger partial charge in [0.25, 0.3) is 0 Å². The molecule has 0 aliphatic heterocycles. The van der Waals surface area contributed by atoms with Crippen molar-refractivity contribution in [2.75, 3.05) is 0 Å². The van der Waals surface area contributed by atoms with Crippen molar-refractivity contribution in [2.24, 2.45) is 0 Å². The standard InChI is InChI=1S/C16H16O2S/c1-11-7-12(2)9-14(8-11)19-10-13-5-3-4-6-15(13)16(17)18/h3-9H,10H2,1-2H3,(H,17,18). The largest absolute Gasteiger partial charge is 0.478 e. The number of carbonyl (C=O) groups is 1. The van der Waals surface area contributed by atoms with E-state index in [0.717, 1.165) is 5.56 Å². The van der Waals surface area contributed by atoms with Crippen molar-refractivity contribution in [3.8, 4) is 0 Å². The maximum absolute atomic E-state index is 11.1. The fourth-order valence-corrected chi connectivity index (χ4v) is 3.14. The van der Waals surface area contributed by atoms with Gasteiger partial charge in [-0.3, -0.25) is 0 Å². The van der Waals surface area contributed by atoms with Gasteiger partial charge in [0.1, 0.15) is 0 Å². The van der Waals surface area contributed by atoms with Gasteiger partial charge >= 0.3 is 5.97 Å². The summed E-state index contributed by atoms with van der Waals surface area (Å²) in [7, 11) is 0. The molecule has 0 bridgehead atoms. The smallest absolute Gasteiger partial charge is 0.335 e. The highest BCUT2D eigenvalue weighted by atomic mass is 32.2. The van der Waals surface area contributed by atoms with Crippen LogP contribution in [0.4, 0.5) is 0 Å². The first-order valence-corrected chi connectivity index (χ1v) is 7.07. The van der Waals surface area contributed by atoms with Gasteiger partial charge in [-0.1, -0.05) is 24.3 Å². The Morgan fingerprint density at radius 3 is 2.37 bits per heavy atom. The summed E-state index contributed by atoms with van der Waals surface area (Å²) < 4.78 is 0. The third kappa shape index (κ3) is 3.61. The van der Waals surface area contributed by atoms with Gasteiger partial charge in [0.05, 0.1) is 5.56 Å². The maximum atomic E-state index is 11.1. The van der Waals surface area contributed by atoms with Crippen LogP contribution in [0.2, 0.25) is 0 Å². The van der Waals surface area contributed by atoms with Crippen LogP contribution >= 0.6 is 11.8 Å². The van der Waals surface area contributed by atoms with E-state index in [4.69, 9.17) is 5.11 Å². The molecule has 98 valence electrons. The van der Waals surface area contributed by atoms with Gasteiger partial charge in [0.15, 0.2) is 0 Å². The van der Waals surface area contributed by atoms with Gasteiger partial charge in [-0.05, 0) is 48.7 Å². The average molecular weight is 272 g/mol. The van der Waals surface area contributed by atoms with Crippen LogP contribution in [0.3, 0.4) is 0 Å². The number of thioether (sulfide) groups is 1. The van der Waals surface area contributed by atoms with Crippen molar-refractivity contribution in [1.29, 1.82) is 0 Å². The molecule has 2 nitrogen and oxygen atoms in total. The SMILES string of the molecule is Cc1cc(C)cc(SCc2ccccc2C(=O)O)c1. The summed E-state index contributed by atoms with van der Waals surface area (Å²) in [6, 6.07) is 13.6. The molecule has 1 N–H and O–H groups in total. The average Bonchev–Trinajstić information content (AvgIpc) is 2.35. The Kier molecular flexibility index (Phi) is 4.27. The lowest BCUT2D eigenvalue weighted by atomic mass is 10.1. The predicted octanol–water partition coefficient (Wildman–Crippen LogP) is 4.29. The van der Waals surface area contributed by atoms with Crippen molar-refractivity contribution in [3.05, 3.63) is 64.7 Å². The number of carboxylic acids is 1. The van der Waals surface area contributed by atoms with Crippen LogP contribution in [-0.2, 0) is 5.75 Å². The molecule has 19 heavy (non-hydrogen) atoms. The Morgan fingerprint density at radius 2 is 1.74 bits per heavy atom. The molecule has 2 aromatic carbocycles. The summed E-state index contributed by atoms with van der Waals surface area (Å²) in [5, 5.41) is 9.14. The van der Waals surface area contributed by atoms with E-state index >= 15 is 0 Å². The molecular formula is C16H16O2S. The molecule has 0 aliphatic rings. The number of aromatic carboxylic acids is 1. The number of hydrogen-bond donors (Lipinski definition) is 1. The van der Waals surface area contributed by atoms with Gasteiger partial charge < -0.3 is 5.11 Å². The molecule has 2 rings (SSSR count). The molecule has 0 aliphatic carbocycles. The first-order valence-electron chi connectivity index (χ1n) is 6.08. The number of benzene rings is 2. The summed E-state index contributed by atoms with van der Waals surface area (Å²) in [5.41, 5.74) is 3.71. The third-order valence-corrected chi connectivity index (χ3v) is 3.86. The van der Waals surface area contributed by atoms with Crippen molar-refractivity contribution in [2.45, 2.75) is 24.5 Å². The number of aryl methyl sites for hydroxylation is 2. The minimum Gasteiger partial charge on any atom is -0.478 e. The molecule has 2 aromatic rings. The van der Waals surface area contributed by atoms with Crippen LogP contribution in [0.25, 0.3) is 0 Å². The van der Waals surface area contributed by atoms with Gasteiger partial charge in [0, 0.05) is 10.6 Å². The minimum atomic E-state index is -0.864. The molecule has 0 atom stereocenters. The zero-order valence-electron chi connectivity index (χ0n) is 11.0. The minimum absolute atomic E-state index is 0.388. The van der Waals surface area contributed by atoms with Gasteiger partial charge in [0.2, 0.25) is 0 Å². The highest BCUT2D eigenvalue weighted by Crippen LogP contribution is 2.26. The molecule has 0 amide bonds. The second-order valence-corrected chi connectivity index (χ2v) is 5.62. The third-order valence-electron chi connectivity index (χ3n) is 2.84. The lowest BCUT2D eigenvalue weighted by Gasteiger charge is -2.07. The molecule has 0 saturated carbocycles. The molecule has 0 saturated heterocycles. The topological polar surface area (TPSA) is 37.3 Å². The van der Waals surface area contributed by atoms with Crippen molar-refractivity contribution < 1.29 is 9.90 Å². The molecule has 0 unspecified atom stereocenters. The van der Waals surface area contributed by atoms with Crippen LogP contribution in [0.15, 0.2) is 47.4 Å². The highest BCUT2D eigenvalue weighted by Gasteiger charge is 2.09. The summed E-state index contributed by atoms with van der Waals surface area (Å²) in [6.07, 6.45) is 0. The molecule has 0 aromatic heterocycles. The van der Waals surface area contributed by atoms with Crippen LogP contribution in [0.5, 0.6) is 0 Å². The van der Waals surface area contributed by atoms with Gasteiger partial charge in [-0.2, -0.15) is 0 Å². The number of hydrogen-bond acceptors (Lipinski definition) is 2. The van der Waals surface area contributed by atoms with E-state index in [-0.39, 0.29) is 0 Å². The van der Waals surface area contributed by atoms with E-state index < -0.39 is 5.97 Å². The van der Waals surface area contributed by atoms with Crippen molar-refractivity contribution in [3.63, 3.8) is 0 Å². The number of carboxylic acid groups (broad SMARTS) is 1. The van der Waals surface area contributed by atoms with E-state index in [0.29, 0.717) is 11.3 Å². The van der Waals surface area contributed by atoms with Crippen molar-refractivity contribution in [1.82, 2.24) is 0 Å². The Bertz CT molecular complexity index is 585. The monoisotopic (exact) mass is 272 g/mol. The predicted molar refractivity (Wildman–Crippen MR) is 78.9 cm³/mol. The van der Waals surface area contributed by atoms with E-state index in [1.807, 2.05) is 12.1 Å². The lowest BCUT2D eigenvalue weighted by Crippen LogP contribution is -2.00. The van der Waals surface area contributed by atoms with Crippen molar-refractivity contribution >= 4 is 17.7 Å². The molecule has 0 fully saturated rings. The molecular weight excluding hydrogens is 256 g/mol. The maximum Gasteiger partial charge on any atom is 0.335 e. The Morgan fingerprint density at radius 1 is 1.11 bits per heavy atom. The van der Waals surface area contributed by atoms with Crippen LogP contribution in [-0.4, -0.2) is 11.1 Å². The Labute approximate surface area is 117 Å². The quantitative estimate of drug-likeness (QED) is 0.843. The molecule has 3 heteroatoms. The highest BCUT2D eigenvalue weighted by molar-refractivity contribution is 7.98. The zero-order valence-corrected chi connectivity index (χ0v) is 11.8. The van der Waals surface area contributed by atoms with Crippen LogP contribution in [0.1, 0.15) is 27.0 Å². The van der Waals surface area contributed by atoms with Gasteiger partial charge in [-0.25, -0.2) is 4.79 Å². The van der Waals surface area contributed by atoms with E-state index in [2.05, 4.69) is 32.0 Å². The second kappa shape index (κ2) is 5.93. The Balaban J connectivity index is 2.16. The summed E-state index contributed by atoms with van der Waals surface area (Å²) in [4.78, 5) is 12.3. The molecule has 0 spiro atoms. The first kappa shape index (κ1) is 13.7. The van der Waals surface area contributed by atoms with Gasteiger partial charge in [-0.15, -0.1) is 11.8 Å². The summed E-state index contributed by atoms with van der Waals surface area (Å²) in [5.74, 6) is -0.192. The summed E-state index contributed by atoms with van der Waals surface area (Å²) >= 11 is 1.67. The zero-order chi connectivity index (χ0) is 13.8. The number of rotatable bonds is 4. The second-order valence-electron chi connectivity index (χ2n) is 4.57. The first-order chi connectivity index (χ1) is 9.06. The van der Waals surface area contributed by atoms with E-state index in [1.54, 1.807) is 23.9 Å². The molecule has 0 radical (unpaired) electrons. The lowest BCUT2D eigenvalue weighted by molar-refractivity contribution is 0.0696. The summed E-state index contributed by atoms with van der Waals surface area (Å²) in [6.45, 7) is 4.14. The fourth-order valence-electron chi connectivity index (χ4n) is 2.03. The normalized spacial score (nSPS) is 10.4. The van der Waals surface area contributed by atoms with Crippen LogP contribution in [0, 0.1) is 13.8 Å². The van der Waals surface area contributed by atoms with Crippen LogP contribution < -0.4 is 0 Å².